The minimum atomic E-state index is -0.948. The van der Waals surface area contributed by atoms with Crippen molar-refractivity contribution in [3.8, 4) is 0 Å². The maximum atomic E-state index is 13.4. The first-order valence-electron chi connectivity index (χ1n) is 11.3. The Bertz CT molecular complexity index is 982. The van der Waals surface area contributed by atoms with Gasteiger partial charge in [0.2, 0.25) is 0 Å². The highest BCUT2D eigenvalue weighted by atomic mass is 16.5. The lowest BCUT2D eigenvalue weighted by atomic mass is 10.1. The minimum Gasteiger partial charge on any atom is -0.465 e. The average Bonchev–Trinajstić information content (AvgIpc) is 3.55. The molecule has 2 aromatic heterocycles. The summed E-state index contributed by atoms with van der Waals surface area (Å²) in [5.74, 6) is 0.0121. The summed E-state index contributed by atoms with van der Waals surface area (Å²) in [6.07, 6.45) is 1.20. The van der Waals surface area contributed by atoms with Crippen LogP contribution in [0.5, 0.6) is 0 Å². The molecular formula is C22H32N6O4. The molecule has 2 aromatic rings. The molecule has 1 saturated carbocycles. The Balaban J connectivity index is 1.60. The van der Waals surface area contributed by atoms with E-state index in [9.17, 15) is 9.59 Å². The number of ether oxygens (including phenoxy) is 1. The first-order chi connectivity index (χ1) is 15.4. The third-order valence-corrected chi connectivity index (χ3v) is 6.16. The number of aryl methyl sites for hydroxylation is 2. The van der Waals surface area contributed by atoms with Gasteiger partial charge in [-0.25, -0.2) is 14.5 Å². The molecule has 0 bridgehead atoms. The number of hydrogen-bond donors (Lipinski definition) is 2. The summed E-state index contributed by atoms with van der Waals surface area (Å²) in [6, 6.07) is 3.98. The molecule has 174 valence electrons. The van der Waals surface area contributed by atoms with Crippen LogP contribution in [0.2, 0.25) is 0 Å². The highest BCUT2D eigenvalue weighted by Gasteiger charge is 2.41. The molecular weight excluding hydrogens is 412 g/mol. The topological polar surface area (TPSA) is 113 Å². The number of carboxylic acid groups (broad SMARTS) is 1. The van der Waals surface area contributed by atoms with E-state index in [0.29, 0.717) is 32.7 Å². The van der Waals surface area contributed by atoms with Gasteiger partial charge in [0.15, 0.2) is 5.65 Å². The van der Waals surface area contributed by atoms with E-state index in [2.05, 4.69) is 5.32 Å². The van der Waals surface area contributed by atoms with Gasteiger partial charge < -0.3 is 25.0 Å². The number of carbonyl (C=O) groups is 2. The van der Waals surface area contributed by atoms with E-state index < -0.39 is 12.2 Å². The molecule has 0 aromatic carbocycles. The van der Waals surface area contributed by atoms with Crippen LogP contribution < -0.4 is 5.32 Å². The number of carbonyl (C=O) groups excluding carboxylic acids is 1. The Labute approximate surface area is 187 Å². The molecule has 2 fully saturated rings. The zero-order valence-electron chi connectivity index (χ0n) is 19.0. The van der Waals surface area contributed by atoms with Crippen molar-refractivity contribution < 1.29 is 19.4 Å². The van der Waals surface area contributed by atoms with Crippen molar-refractivity contribution in [1.82, 2.24) is 29.9 Å². The van der Waals surface area contributed by atoms with E-state index in [1.165, 1.54) is 4.90 Å². The van der Waals surface area contributed by atoms with Gasteiger partial charge in [-0.1, -0.05) is 0 Å². The molecule has 32 heavy (non-hydrogen) atoms. The van der Waals surface area contributed by atoms with Crippen molar-refractivity contribution in [3.05, 3.63) is 23.5 Å². The summed E-state index contributed by atoms with van der Waals surface area (Å²) >= 11 is 0. The lowest BCUT2D eigenvalue weighted by Crippen LogP contribution is -2.50. The van der Waals surface area contributed by atoms with Crippen LogP contribution in [-0.2, 0) is 16.1 Å². The first kappa shape index (κ1) is 22.5. The van der Waals surface area contributed by atoms with Gasteiger partial charge in [-0.15, -0.1) is 0 Å². The van der Waals surface area contributed by atoms with Gasteiger partial charge in [-0.05, 0) is 45.2 Å². The Kier molecular flexibility index (Phi) is 6.61. The zero-order valence-corrected chi connectivity index (χ0v) is 19.0. The third-order valence-electron chi connectivity index (χ3n) is 6.16. The number of nitrogens with zero attached hydrogens (tertiary/aromatic N) is 5. The Morgan fingerprint density at radius 2 is 2.16 bits per heavy atom. The van der Waals surface area contributed by atoms with E-state index in [-0.39, 0.29) is 18.0 Å². The fourth-order valence-electron chi connectivity index (χ4n) is 4.25. The van der Waals surface area contributed by atoms with Crippen LogP contribution in [0.1, 0.15) is 43.6 Å². The van der Waals surface area contributed by atoms with E-state index in [1.807, 2.05) is 35.6 Å². The second-order valence-corrected chi connectivity index (χ2v) is 8.71. The third kappa shape index (κ3) is 4.71. The van der Waals surface area contributed by atoms with Crippen LogP contribution in [0.3, 0.4) is 0 Å². The molecule has 3 heterocycles. The van der Waals surface area contributed by atoms with Gasteiger partial charge in [0, 0.05) is 50.3 Å². The number of rotatable bonds is 8. The average molecular weight is 445 g/mol. The lowest BCUT2D eigenvalue weighted by Gasteiger charge is -2.33. The molecule has 2 amide bonds. The molecule has 10 nitrogen and oxygen atoms in total. The summed E-state index contributed by atoms with van der Waals surface area (Å²) in [7, 11) is 1.56. The fourth-order valence-corrected chi connectivity index (χ4v) is 4.25. The normalized spacial score (nSPS) is 19.7. The van der Waals surface area contributed by atoms with Gasteiger partial charge in [0.1, 0.15) is 6.10 Å². The van der Waals surface area contributed by atoms with Crippen molar-refractivity contribution in [2.24, 2.45) is 0 Å². The monoisotopic (exact) mass is 444 g/mol. The number of aromatic nitrogens is 3. The van der Waals surface area contributed by atoms with E-state index in [0.717, 1.165) is 41.8 Å². The van der Waals surface area contributed by atoms with Crippen LogP contribution in [0.25, 0.3) is 11.0 Å². The van der Waals surface area contributed by atoms with Crippen molar-refractivity contribution in [2.45, 2.75) is 57.8 Å². The highest BCUT2D eigenvalue weighted by molar-refractivity contribution is 5.84. The molecule has 10 heteroatoms. The van der Waals surface area contributed by atoms with Crippen LogP contribution in [0, 0.1) is 6.92 Å². The quantitative estimate of drug-likeness (QED) is 0.638. The van der Waals surface area contributed by atoms with Gasteiger partial charge in [-0.2, -0.15) is 5.10 Å². The van der Waals surface area contributed by atoms with Gasteiger partial charge in [-0.3, -0.25) is 4.79 Å². The number of nitrogens with one attached hydrogen (secondary N) is 1. The van der Waals surface area contributed by atoms with Crippen LogP contribution in [0.15, 0.2) is 12.1 Å². The van der Waals surface area contributed by atoms with Crippen molar-refractivity contribution in [2.75, 3.05) is 33.3 Å². The van der Waals surface area contributed by atoms with Gasteiger partial charge in [0.05, 0.1) is 18.3 Å². The van der Waals surface area contributed by atoms with E-state index in [1.54, 1.807) is 7.05 Å². The molecule has 4 rings (SSSR count). The molecule has 1 aliphatic heterocycles. The summed E-state index contributed by atoms with van der Waals surface area (Å²) in [5.41, 5.74) is 2.48. The van der Waals surface area contributed by atoms with E-state index >= 15 is 0 Å². The molecule has 0 spiro atoms. The van der Waals surface area contributed by atoms with Crippen LogP contribution >= 0.6 is 0 Å². The number of pyridine rings is 1. The van der Waals surface area contributed by atoms with Gasteiger partial charge >= 0.3 is 6.09 Å². The first-order valence-corrected chi connectivity index (χ1v) is 11.3. The SMILES string of the molecule is Cc1ccc2c([C@@H](C)N(C(=O)[C@H]3CNCCO3)C3CC3)nn(CCCN(C)C(=O)O)c2n1. The second-order valence-electron chi connectivity index (χ2n) is 8.71. The van der Waals surface area contributed by atoms with E-state index in [4.69, 9.17) is 19.9 Å². The molecule has 0 radical (unpaired) electrons. The van der Waals surface area contributed by atoms with Gasteiger partial charge in [0.25, 0.3) is 5.91 Å². The second kappa shape index (κ2) is 9.41. The number of amides is 2. The molecule has 2 atom stereocenters. The minimum absolute atomic E-state index is 0.0121. The Morgan fingerprint density at radius 3 is 2.81 bits per heavy atom. The standard InChI is InChI=1S/C22H32N6O4/c1-14-5-8-17-19(25-27(20(17)24-14)11-4-10-26(3)22(30)31)15(2)28(16-6-7-16)21(29)18-13-23-9-12-32-18/h5,8,15-16,18,23H,4,6-7,9-13H2,1-3H3,(H,30,31)/t15-,18-/m1/s1. The van der Waals surface area contributed by atoms with Crippen molar-refractivity contribution >= 4 is 23.0 Å². The summed E-state index contributed by atoms with van der Waals surface area (Å²) in [6.45, 7) is 6.75. The largest absolute Gasteiger partial charge is 0.465 e. The Hall–Kier alpha value is -2.72. The predicted molar refractivity (Wildman–Crippen MR) is 118 cm³/mol. The molecule has 1 saturated heterocycles. The fraction of sp³-hybridized carbons (Fsp3) is 0.636. The maximum absolute atomic E-state index is 13.4. The van der Waals surface area contributed by atoms with Crippen LogP contribution in [-0.4, -0.2) is 87.1 Å². The molecule has 0 unspecified atom stereocenters. The predicted octanol–water partition coefficient (Wildman–Crippen LogP) is 1.78. The van der Waals surface area contributed by atoms with Crippen LogP contribution in [0.4, 0.5) is 4.79 Å². The summed E-state index contributed by atoms with van der Waals surface area (Å²) in [4.78, 5) is 32.3. The molecule has 1 aliphatic carbocycles. The van der Waals surface area contributed by atoms with Crippen molar-refractivity contribution in [3.63, 3.8) is 0 Å². The summed E-state index contributed by atoms with van der Waals surface area (Å²) < 4.78 is 7.59. The zero-order chi connectivity index (χ0) is 22.8. The number of hydrogen-bond acceptors (Lipinski definition) is 6. The molecule has 2 N–H and O–H groups in total. The molecule has 2 aliphatic rings. The lowest BCUT2D eigenvalue weighted by molar-refractivity contribution is -0.148. The van der Waals surface area contributed by atoms with Crippen molar-refractivity contribution in [1.29, 1.82) is 0 Å². The smallest absolute Gasteiger partial charge is 0.407 e. The number of morpholine rings is 1. The number of fused-ring (bicyclic) bond motifs is 1. The Morgan fingerprint density at radius 1 is 1.38 bits per heavy atom. The highest BCUT2D eigenvalue weighted by Crippen LogP contribution is 2.37. The maximum Gasteiger partial charge on any atom is 0.407 e. The summed E-state index contributed by atoms with van der Waals surface area (Å²) in [5, 5.41) is 18.1.